The van der Waals surface area contributed by atoms with E-state index in [-0.39, 0.29) is 10.9 Å². The molecule has 0 amide bonds. The van der Waals surface area contributed by atoms with E-state index >= 15 is 0 Å². The molecule has 0 aromatic carbocycles. The van der Waals surface area contributed by atoms with E-state index in [1.807, 2.05) is 26.1 Å². The molecule has 1 saturated heterocycles. The maximum atomic E-state index is 12.6. The topological polar surface area (TPSA) is 80.1 Å². The van der Waals surface area contributed by atoms with E-state index in [1.165, 1.54) is 16.8 Å². The number of hydrogen-bond acceptors (Lipinski definition) is 5. The molecule has 8 heteroatoms. The number of rotatable bonds is 4. The first kappa shape index (κ1) is 15.9. The smallest absolute Gasteiger partial charge is 0.262 e. The number of aryl methyl sites for hydroxylation is 2. The van der Waals surface area contributed by atoms with Crippen molar-refractivity contribution in [1.82, 2.24) is 18.8 Å². The van der Waals surface area contributed by atoms with Gasteiger partial charge in [0.1, 0.15) is 0 Å². The third kappa shape index (κ3) is 3.09. The Bertz CT molecular complexity index is 815. The molecule has 1 atom stereocenters. The van der Waals surface area contributed by atoms with Crippen molar-refractivity contribution in [2.24, 2.45) is 7.05 Å². The molecule has 0 aliphatic carbocycles. The van der Waals surface area contributed by atoms with Gasteiger partial charge < -0.3 is 9.88 Å². The molecule has 0 spiro atoms. The predicted molar refractivity (Wildman–Crippen MR) is 87.8 cm³/mol. The summed E-state index contributed by atoms with van der Waals surface area (Å²) in [6.45, 7) is 2.88. The molecule has 0 unspecified atom stereocenters. The predicted octanol–water partition coefficient (Wildman–Crippen LogP) is 1.34. The van der Waals surface area contributed by atoms with Gasteiger partial charge in [-0.25, -0.2) is 13.4 Å². The van der Waals surface area contributed by atoms with Gasteiger partial charge in [-0.05, 0) is 25.5 Å². The van der Waals surface area contributed by atoms with Gasteiger partial charge in [0, 0.05) is 56.4 Å². The first-order chi connectivity index (χ1) is 10.9. The Hall–Kier alpha value is -1.93. The van der Waals surface area contributed by atoms with Gasteiger partial charge in [-0.1, -0.05) is 0 Å². The van der Waals surface area contributed by atoms with Gasteiger partial charge >= 0.3 is 0 Å². The zero-order chi connectivity index (χ0) is 16.6. The number of anilines is 1. The van der Waals surface area contributed by atoms with Gasteiger partial charge in [0.25, 0.3) is 10.0 Å². The molecular weight excluding hydrogens is 314 g/mol. The van der Waals surface area contributed by atoms with Gasteiger partial charge in [0.05, 0.1) is 6.33 Å². The number of hydrogen-bond donors (Lipinski definition) is 1. The number of nitrogens with one attached hydrogen (secondary N) is 1. The van der Waals surface area contributed by atoms with Crippen molar-refractivity contribution in [3.05, 3.63) is 36.0 Å². The van der Waals surface area contributed by atoms with E-state index in [9.17, 15) is 8.42 Å². The van der Waals surface area contributed by atoms with E-state index in [4.69, 9.17) is 0 Å². The monoisotopic (exact) mass is 335 g/mol. The Kier molecular flexibility index (Phi) is 4.11. The van der Waals surface area contributed by atoms with Crippen LogP contribution in [0.3, 0.4) is 0 Å². The normalized spacial score (nSPS) is 19.2. The van der Waals surface area contributed by atoms with Crippen LogP contribution in [0.15, 0.2) is 29.7 Å². The van der Waals surface area contributed by atoms with Crippen LogP contribution in [-0.2, 0) is 17.1 Å². The maximum Gasteiger partial charge on any atom is 0.262 e. The van der Waals surface area contributed by atoms with Crippen LogP contribution in [-0.4, -0.2) is 47.4 Å². The molecule has 2 aromatic heterocycles. The lowest BCUT2D eigenvalue weighted by molar-refractivity contribution is 0.469. The Morgan fingerprint density at radius 1 is 1.35 bits per heavy atom. The zero-order valence-corrected chi connectivity index (χ0v) is 14.3. The molecule has 3 heterocycles. The minimum absolute atomic E-state index is 0.105. The van der Waals surface area contributed by atoms with Crippen LogP contribution in [0.1, 0.15) is 23.7 Å². The molecule has 1 N–H and O–H groups in total. The van der Waals surface area contributed by atoms with Crippen molar-refractivity contribution in [2.75, 3.05) is 25.5 Å². The Morgan fingerprint density at radius 3 is 2.78 bits per heavy atom. The highest BCUT2D eigenvalue weighted by atomic mass is 32.2. The van der Waals surface area contributed by atoms with Crippen LogP contribution in [0.25, 0.3) is 0 Å². The van der Waals surface area contributed by atoms with Crippen LogP contribution < -0.4 is 5.32 Å². The molecule has 3 rings (SSSR count). The number of nitrogens with zero attached hydrogens (tertiary/aromatic N) is 4. The fourth-order valence-electron chi connectivity index (χ4n) is 2.89. The van der Waals surface area contributed by atoms with Crippen molar-refractivity contribution in [2.45, 2.75) is 24.3 Å². The fourth-order valence-corrected chi connectivity index (χ4v) is 4.36. The minimum Gasteiger partial charge on any atom is -0.388 e. The Morgan fingerprint density at radius 2 is 2.13 bits per heavy atom. The molecule has 0 bridgehead atoms. The minimum atomic E-state index is -3.53. The van der Waals surface area contributed by atoms with Crippen LogP contribution >= 0.6 is 0 Å². The van der Waals surface area contributed by atoms with Gasteiger partial charge in [0.15, 0.2) is 5.03 Å². The SMILES string of the molecule is CNc1cc(C)nc([C@H]2CCN(S(=O)(=O)c3cn(C)cn3)C2)c1. The molecule has 7 nitrogen and oxygen atoms in total. The lowest BCUT2D eigenvalue weighted by Gasteiger charge is -2.15. The summed E-state index contributed by atoms with van der Waals surface area (Å²) in [5.74, 6) is 0.112. The van der Waals surface area contributed by atoms with Crippen molar-refractivity contribution in [1.29, 1.82) is 0 Å². The zero-order valence-electron chi connectivity index (χ0n) is 13.5. The van der Waals surface area contributed by atoms with Crippen molar-refractivity contribution >= 4 is 15.7 Å². The summed E-state index contributed by atoms with van der Waals surface area (Å²) in [4.78, 5) is 8.55. The number of aromatic nitrogens is 3. The Labute approximate surface area is 136 Å². The maximum absolute atomic E-state index is 12.6. The number of imidazole rings is 1. The van der Waals surface area contributed by atoms with Gasteiger partial charge in [-0.2, -0.15) is 4.31 Å². The van der Waals surface area contributed by atoms with Crippen LogP contribution in [0, 0.1) is 6.92 Å². The Balaban J connectivity index is 1.82. The summed E-state index contributed by atoms with van der Waals surface area (Å²) >= 11 is 0. The van der Waals surface area contributed by atoms with Gasteiger partial charge in [-0.15, -0.1) is 0 Å². The lowest BCUT2D eigenvalue weighted by Crippen LogP contribution is -2.29. The highest BCUT2D eigenvalue weighted by Gasteiger charge is 2.35. The van der Waals surface area contributed by atoms with Crippen molar-refractivity contribution in [3.8, 4) is 0 Å². The lowest BCUT2D eigenvalue weighted by atomic mass is 10.0. The van der Waals surface area contributed by atoms with Gasteiger partial charge in [-0.3, -0.25) is 4.98 Å². The average molecular weight is 335 g/mol. The molecule has 124 valence electrons. The second kappa shape index (κ2) is 5.93. The summed E-state index contributed by atoms with van der Waals surface area (Å²) in [6.07, 6.45) is 3.81. The number of sulfonamides is 1. The van der Waals surface area contributed by atoms with E-state index in [0.717, 1.165) is 23.5 Å². The van der Waals surface area contributed by atoms with Crippen LogP contribution in [0.5, 0.6) is 0 Å². The highest BCUT2D eigenvalue weighted by Crippen LogP contribution is 2.31. The summed E-state index contributed by atoms with van der Waals surface area (Å²) < 4.78 is 28.4. The number of pyridine rings is 1. The molecular formula is C15H21N5O2S. The molecule has 23 heavy (non-hydrogen) atoms. The van der Waals surface area contributed by atoms with E-state index in [1.54, 1.807) is 11.6 Å². The first-order valence-corrected chi connectivity index (χ1v) is 8.98. The molecule has 2 aromatic rings. The second-order valence-corrected chi connectivity index (χ2v) is 7.78. The van der Waals surface area contributed by atoms with Crippen molar-refractivity contribution in [3.63, 3.8) is 0 Å². The standard InChI is InChI=1S/C15H21N5O2S/c1-11-6-13(16-2)7-14(18-11)12-4-5-20(8-12)23(21,22)15-9-19(3)10-17-15/h6-7,9-10,12H,4-5,8H2,1-3H3,(H,16,18)/t12-/m0/s1. The summed E-state index contributed by atoms with van der Waals surface area (Å²) in [6, 6.07) is 3.97. The van der Waals surface area contributed by atoms with Crippen LogP contribution in [0.4, 0.5) is 5.69 Å². The summed E-state index contributed by atoms with van der Waals surface area (Å²) in [5.41, 5.74) is 2.87. The third-order valence-corrected chi connectivity index (χ3v) is 5.87. The largest absolute Gasteiger partial charge is 0.388 e. The summed E-state index contributed by atoms with van der Waals surface area (Å²) in [5, 5.41) is 3.22. The molecule has 1 aliphatic heterocycles. The summed E-state index contributed by atoms with van der Waals surface area (Å²) in [7, 11) is 0.0982. The van der Waals surface area contributed by atoms with E-state index < -0.39 is 10.0 Å². The van der Waals surface area contributed by atoms with E-state index in [2.05, 4.69) is 15.3 Å². The van der Waals surface area contributed by atoms with E-state index in [0.29, 0.717) is 13.1 Å². The third-order valence-electron chi connectivity index (χ3n) is 4.12. The van der Waals surface area contributed by atoms with Crippen molar-refractivity contribution < 1.29 is 8.42 Å². The van der Waals surface area contributed by atoms with Crippen LogP contribution in [0.2, 0.25) is 0 Å². The molecule has 1 fully saturated rings. The highest BCUT2D eigenvalue weighted by molar-refractivity contribution is 7.89. The fraction of sp³-hybridized carbons (Fsp3) is 0.467. The molecule has 0 radical (unpaired) electrons. The second-order valence-electron chi connectivity index (χ2n) is 5.90. The van der Waals surface area contributed by atoms with Gasteiger partial charge in [0.2, 0.25) is 0 Å². The first-order valence-electron chi connectivity index (χ1n) is 7.54. The quantitative estimate of drug-likeness (QED) is 0.912. The average Bonchev–Trinajstić information content (AvgIpc) is 3.16. The molecule has 0 saturated carbocycles. The molecule has 1 aliphatic rings.